The highest BCUT2D eigenvalue weighted by Gasteiger charge is 2.20. The molecule has 0 radical (unpaired) electrons. The lowest BCUT2D eigenvalue weighted by atomic mass is 10.3. The van der Waals surface area contributed by atoms with Crippen molar-refractivity contribution in [1.29, 1.82) is 0 Å². The van der Waals surface area contributed by atoms with Crippen molar-refractivity contribution in [2.24, 2.45) is 7.05 Å². The quantitative estimate of drug-likeness (QED) is 0.334. The van der Waals surface area contributed by atoms with E-state index in [0.29, 0.717) is 39.3 Å². The zero-order valence-corrected chi connectivity index (χ0v) is 21.3. The molecule has 4 aromatic rings. The van der Waals surface area contributed by atoms with Crippen LogP contribution >= 0.6 is 23.2 Å². The van der Waals surface area contributed by atoms with Gasteiger partial charge in [0.15, 0.2) is 0 Å². The third kappa shape index (κ3) is 5.56. The van der Waals surface area contributed by atoms with Crippen LogP contribution in [0.5, 0.6) is 5.75 Å². The first kappa shape index (κ1) is 24.9. The van der Waals surface area contributed by atoms with Gasteiger partial charge in [-0.05, 0) is 49.5 Å². The second kappa shape index (κ2) is 11.0. The van der Waals surface area contributed by atoms with Crippen molar-refractivity contribution in [3.8, 4) is 11.4 Å². The molecule has 2 heterocycles. The van der Waals surface area contributed by atoms with Crippen molar-refractivity contribution in [2.75, 3.05) is 31.6 Å². The molecule has 4 rings (SSSR count). The zero-order valence-electron chi connectivity index (χ0n) is 19.8. The minimum Gasteiger partial charge on any atom is -0.492 e. The van der Waals surface area contributed by atoms with Crippen LogP contribution in [0.1, 0.15) is 13.8 Å². The van der Waals surface area contributed by atoms with Gasteiger partial charge in [-0.15, -0.1) is 0 Å². The highest BCUT2D eigenvalue weighted by atomic mass is 35.5. The third-order valence-corrected chi connectivity index (χ3v) is 6.34. The van der Waals surface area contributed by atoms with Crippen LogP contribution in [0.2, 0.25) is 10.0 Å². The van der Waals surface area contributed by atoms with E-state index in [1.54, 1.807) is 37.6 Å². The van der Waals surface area contributed by atoms with Crippen molar-refractivity contribution in [1.82, 2.24) is 19.4 Å². The number of nitrogens with one attached hydrogen (secondary N) is 1. The number of anilines is 2. The Labute approximate surface area is 213 Å². The van der Waals surface area contributed by atoms with E-state index in [4.69, 9.17) is 27.9 Å². The number of benzene rings is 2. The van der Waals surface area contributed by atoms with E-state index in [1.165, 1.54) is 9.13 Å². The average Bonchev–Trinajstić information content (AvgIpc) is 2.86. The number of aromatic nitrogens is 4. The second-order valence-electron chi connectivity index (χ2n) is 7.91. The number of para-hydroxylation sites is 1. The highest BCUT2D eigenvalue weighted by Crippen LogP contribution is 2.27. The van der Waals surface area contributed by atoms with Crippen LogP contribution in [0.25, 0.3) is 16.7 Å². The zero-order chi connectivity index (χ0) is 24.9. The number of ether oxygens (including phenoxy) is 1. The molecule has 8 nitrogen and oxygen atoms in total. The Hall–Kier alpha value is -3.20. The molecule has 2 aromatic carbocycles. The molecule has 0 aliphatic rings. The SMILES string of the molecule is CCN(CC)CCOc1ccc(Nc2ncc3cn(-c4c(Cl)cccc4Cl)c(=O)[n+](C)c3n2)cc1. The fraction of sp³-hybridized carbons (Fsp3) is 0.280. The Morgan fingerprint density at radius 1 is 1.09 bits per heavy atom. The van der Waals surface area contributed by atoms with Crippen molar-refractivity contribution in [3.05, 3.63) is 75.4 Å². The Morgan fingerprint density at radius 3 is 2.43 bits per heavy atom. The minimum atomic E-state index is -0.330. The number of aryl methyl sites for hydroxylation is 1. The summed E-state index contributed by atoms with van der Waals surface area (Å²) in [4.78, 5) is 24.3. The molecule has 0 fully saturated rings. The standard InChI is InChI=1S/C25H26Cl2N6O2/c1-4-32(5-2)13-14-35-19-11-9-18(10-12-19)29-24-28-15-17-16-33(25(34)31(3)23(17)30-24)22-20(26)7-6-8-21(22)27/h6-12,15-16H,4-5,13-14H2,1-3H3/p+1. The molecule has 0 amide bonds. The van der Waals surface area contributed by atoms with Gasteiger partial charge in [0, 0.05) is 18.4 Å². The first-order valence-corrected chi connectivity index (χ1v) is 12.1. The van der Waals surface area contributed by atoms with Crippen molar-refractivity contribution in [3.63, 3.8) is 0 Å². The normalized spacial score (nSPS) is 11.3. The van der Waals surface area contributed by atoms with Gasteiger partial charge in [-0.25, -0.2) is 9.78 Å². The topological polar surface area (TPSA) is 76.2 Å². The van der Waals surface area contributed by atoms with Crippen LogP contribution in [0.3, 0.4) is 0 Å². The summed E-state index contributed by atoms with van der Waals surface area (Å²) in [6.07, 6.45) is 3.29. The van der Waals surface area contributed by atoms with Crippen LogP contribution in [0, 0.1) is 0 Å². The first-order chi connectivity index (χ1) is 16.9. The molecule has 0 unspecified atom stereocenters. The van der Waals surface area contributed by atoms with E-state index in [9.17, 15) is 4.79 Å². The molecule has 35 heavy (non-hydrogen) atoms. The maximum Gasteiger partial charge on any atom is 0.448 e. The molecule has 1 N–H and O–H groups in total. The van der Waals surface area contributed by atoms with Crippen molar-refractivity contribution >= 4 is 45.9 Å². The van der Waals surface area contributed by atoms with Gasteiger partial charge in [-0.3, -0.25) is 0 Å². The Kier molecular flexibility index (Phi) is 7.85. The number of likely N-dealkylation sites (N-methyl/N-ethyl adjacent to an activating group) is 1. The van der Waals surface area contributed by atoms with E-state index in [-0.39, 0.29) is 5.69 Å². The molecular weight excluding hydrogens is 487 g/mol. The number of rotatable bonds is 9. The molecule has 10 heteroatoms. The van der Waals surface area contributed by atoms with E-state index in [0.717, 1.165) is 31.1 Å². The largest absolute Gasteiger partial charge is 0.492 e. The van der Waals surface area contributed by atoms with Gasteiger partial charge in [-0.1, -0.05) is 48.1 Å². The van der Waals surface area contributed by atoms with E-state index < -0.39 is 0 Å². The molecule has 0 aliphatic heterocycles. The van der Waals surface area contributed by atoms with Gasteiger partial charge in [0.1, 0.15) is 23.4 Å². The number of fused-ring (bicyclic) bond motifs is 1. The number of hydrogen-bond donors (Lipinski definition) is 1. The van der Waals surface area contributed by atoms with E-state index >= 15 is 0 Å². The molecule has 0 atom stereocenters. The summed E-state index contributed by atoms with van der Waals surface area (Å²) in [5, 5.41) is 4.58. The van der Waals surface area contributed by atoms with Gasteiger partial charge >= 0.3 is 11.6 Å². The Balaban J connectivity index is 1.53. The summed E-state index contributed by atoms with van der Waals surface area (Å²) in [6, 6.07) is 12.7. The lowest BCUT2D eigenvalue weighted by Crippen LogP contribution is -2.52. The fourth-order valence-electron chi connectivity index (χ4n) is 3.72. The average molecular weight is 514 g/mol. The smallest absolute Gasteiger partial charge is 0.448 e. The lowest BCUT2D eigenvalue weighted by Gasteiger charge is -2.18. The molecule has 0 bridgehead atoms. The van der Waals surface area contributed by atoms with Crippen molar-refractivity contribution < 1.29 is 9.30 Å². The number of nitrogens with zero attached hydrogens (tertiary/aromatic N) is 5. The summed E-state index contributed by atoms with van der Waals surface area (Å²) in [5.74, 6) is 1.17. The fourth-order valence-corrected chi connectivity index (χ4v) is 4.30. The maximum absolute atomic E-state index is 13.1. The Bertz CT molecular complexity index is 1370. The van der Waals surface area contributed by atoms with Gasteiger partial charge in [-0.2, -0.15) is 9.13 Å². The third-order valence-electron chi connectivity index (χ3n) is 5.73. The molecule has 182 valence electrons. The van der Waals surface area contributed by atoms with Crippen LogP contribution in [0.15, 0.2) is 59.7 Å². The molecule has 2 aromatic heterocycles. The molecule has 0 saturated carbocycles. The molecule has 0 aliphatic carbocycles. The summed E-state index contributed by atoms with van der Waals surface area (Å²) in [7, 11) is 1.65. The predicted octanol–water partition coefficient (Wildman–Crippen LogP) is 4.38. The van der Waals surface area contributed by atoms with Gasteiger partial charge in [0.2, 0.25) is 0 Å². The Morgan fingerprint density at radius 2 is 1.77 bits per heavy atom. The molecule has 0 saturated heterocycles. The summed E-state index contributed by atoms with van der Waals surface area (Å²) in [6.45, 7) is 7.82. The summed E-state index contributed by atoms with van der Waals surface area (Å²) in [5.41, 5.74) is 1.37. The van der Waals surface area contributed by atoms with E-state index in [1.807, 2.05) is 24.3 Å². The second-order valence-corrected chi connectivity index (χ2v) is 8.72. The summed E-state index contributed by atoms with van der Waals surface area (Å²) < 4.78 is 8.68. The van der Waals surface area contributed by atoms with Gasteiger partial charge in [0.25, 0.3) is 5.65 Å². The summed E-state index contributed by atoms with van der Waals surface area (Å²) >= 11 is 12.6. The maximum atomic E-state index is 13.1. The first-order valence-electron chi connectivity index (χ1n) is 11.4. The predicted molar refractivity (Wildman–Crippen MR) is 139 cm³/mol. The van der Waals surface area contributed by atoms with E-state index in [2.05, 4.69) is 34.0 Å². The minimum absolute atomic E-state index is 0.330. The van der Waals surface area contributed by atoms with Crippen LogP contribution in [-0.2, 0) is 7.05 Å². The molecule has 0 spiro atoms. The van der Waals surface area contributed by atoms with Gasteiger partial charge in [0.05, 0.1) is 23.3 Å². The number of hydrogen-bond acceptors (Lipinski definition) is 6. The monoisotopic (exact) mass is 513 g/mol. The van der Waals surface area contributed by atoms with Gasteiger partial charge < -0.3 is 15.0 Å². The highest BCUT2D eigenvalue weighted by molar-refractivity contribution is 6.37. The lowest BCUT2D eigenvalue weighted by molar-refractivity contribution is -0.666. The van der Waals surface area contributed by atoms with Crippen molar-refractivity contribution in [2.45, 2.75) is 13.8 Å². The van der Waals surface area contributed by atoms with Crippen LogP contribution < -0.4 is 20.3 Å². The van der Waals surface area contributed by atoms with Crippen LogP contribution in [0.4, 0.5) is 11.6 Å². The molecular formula is C25H27Cl2N6O2+. The number of halogens is 2. The van der Waals surface area contributed by atoms with Crippen LogP contribution in [-0.4, -0.2) is 45.7 Å².